The van der Waals surface area contributed by atoms with Crippen molar-refractivity contribution in [1.82, 2.24) is 0 Å². The van der Waals surface area contributed by atoms with Crippen LogP contribution in [0.4, 0.5) is 5.88 Å². The van der Waals surface area contributed by atoms with Gasteiger partial charge in [0.1, 0.15) is 4.92 Å². The van der Waals surface area contributed by atoms with E-state index in [2.05, 4.69) is 13.8 Å². The molecule has 0 saturated carbocycles. The van der Waals surface area contributed by atoms with Crippen molar-refractivity contribution in [2.24, 2.45) is 5.41 Å². The number of rotatable bonds is 6. The zero-order valence-corrected chi connectivity index (χ0v) is 12.0. The Morgan fingerprint density at radius 3 is 2.55 bits per heavy atom. The standard InChI is InChI=1S/C14H21NO5/c1-3-5-8-14(4-2)9-18-13(19-10-14)11-6-7-12(20-11)15(16)17/h6-7,13H,3-5,8-10H2,1-2H3. The summed E-state index contributed by atoms with van der Waals surface area (Å²) in [7, 11) is 0. The van der Waals surface area contributed by atoms with E-state index in [0.717, 1.165) is 25.7 Å². The minimum atomic E-state index is -0.634. The summed E-state index contributed by atoms with van der Waals surface area (Å²) >= 11 is 0. The van der Waals surface area contributed by atoms with E-state index in [-0.39, 0.29) is 11.3 Å². The van der Waals surface area contributed by atoms with Crippen LogP contribution < -0.4 is 0 Å². The molecule has 1 saturated heterocycles. The van der Waals surface area contributed by atoms with E-state index in [1.807, 2.05) is 0 Å². The van der Waals surface area contributed by atoms with Crippen LogP contribution in [0.2, 0.25) is 0 Å². The monoisotopic (exact) mass is 283 g/mol. The first-order chi connectivity index (χ1) is 9.60. The average molecular weight is 283 g/mol. The van der Waals surface area contributed by atoms with E-state index in [1.54, 1.807) is 0 Å². The first kappa shape index (κ1) is 15.0. The van der Waals surface area contributed by atoms with Gasteiger partial charge >= 0.3 is 5.88 Å². The summed E-state index contributed by atoms with van der Waals surface area (Å²) in [4.78, 5) is 10.0. The van der Waals surface area contributed by atoms with Gasteiger partial charge in [-0.25, -0.2) is 0 Å². The van der Waals surface area contributed by atoms with Gasteiger partial charge in [-0.3, -0.25) is 10.1 Å². The summed E-state index contributed by atoms with van der Waals surface area (Å²) in [5.41, 5.74) is 0.0606. The summed E-state index contributed by atoms with van der Waals surface area (Å²) in [6, 6.07) is 2.86. The quantitative estimate of drug-likeness (QED) is 0.586. The molecule has 0 amide bonds. The van der Waals surface area contributed by atoms with Crippen molar-refractivity contribution < 1.29 is 18.8 Å². The van der Waals surface area contributed by atoms with Crippen LogP contribution in [0.3, 0.4) is 0 Å². The van der Waals surface area contributed by atoms with Crippen LogP contribution >= 0.6 is 0 Å². The molecule has 6 heteroatoms. The topological polar surface area (TPSA) is 74.7 Å². The molecule has 1 aliphatic rings. The van der Waals surface area contributed by atoms with Crippen LogP contribution in [0.15, 0.2) is 16.5 Å². The highest BCUT2D eigenvalue weighted by Crippen LogP contribution is 2.38. The Morgan fingerprint density at radius 1 is 1.35 bits per heavy atom. The maximum absolute atomic E-state index is 10.6. The SMILES string of the molecule is CCCCC1(CC)COC(c2ccc([N+](=O)[O-])o2)OC1. The summed E-state index contributed by atoms with van der Waals surface area (Å²) in [5, 5.41) is 10.6. The van der Waals surface area contributed by atoms with Gasteiger partial charge in [0.25, 0.3) is 0 Å². The second-order valence-electron chi connectivity index (χ2n) is 5.34. The molecule has 0 N–H and O–H groups in total. The van der Waals surface area contributed by atoms with Gasteiger partial charge in [0.2, 0.25) is 6.29 Å². The van der Waals surface area contributed by atoms with E-state index in [9.17, 15) is 10.1 Å². The van der Waals surface area contributed by atoms with Crippen molar-refractivity contribution in [3.05, 3.63) is 28.0 Å². The first-order valence-electron chi connectivity index (χ1n) is 7.07. The molecule has 1 aromatic heterocycles. The third-order valence-corrected chi connectivity index (χ3v) is 3.92. The predicted molar refractivity (Wildman–Crippen MR) is 72.3 cm³/mol. The van der Waals surface area contributed by atoms with Gasteiger partial charge < -0.3 is 13.9 Å². The van der Waals surface area contributed by atoms with Gasteiger partial charge in [-0.05, 0) is 18.9 Å². The molecule has 2 heterocycles. The molecule has 1 aromatic rings. The Labute approximate surface area is 118 Å². The van der Waals surface area contributed by atoms with Crippen LogP contribution in [-0.2, 0) is 9.47 Å². The Morgan fingerprint density at radius 2 is 2.05 bits per heavy atom. The fraction of sp³-hybridized carbons (Fsp3) is 0.714. The largest absolute Gasteiger partial charge is 0.433 e. The smallest absolute Gasteiger partial charge is 0.400 e. The minimum Gasteiger partial charge on any atom is -0.400 e. The third-order valence-electron chi connectivity index (χ3n) is 3.92. The van der Waals surface area contributed by atoms with Gasteiger partial charge in [0, 0.05) is 5.41 Å². The number of ether oxygens (including phenoxy) is 2. The van der Waals surface area contributed by atoms with Crippen LogP contribution in [0.25, 0.3) is 0 Å². The average Bonchev–Trinajstić information content (AvgIpc) is 2.96. The Hall–Kier alpha value is -1.40. The van der Waals surface area contributed by atoms with Crippen molar-refractivity contribution in [3.63, 3.8) is 0 Å². The predicted octanol–water partition coefficient (Wildman–Crippen LogP) is 3.82. The minimum absolute atomic E-state index is 0.0606. The molecule has 0 unspecified atom stereocenters. The number of nitro groups is 1. The third kappa shape index (κ3) is 3.19. The van der Waals surface area contributed by atoms with Crippen LogP contribution in [0.1, 0.15) is 51.6 Å². The van der Waals surface area contributed by atoms with Gasteiger partial charge in [0.05, 0.1) is 19.3 Å². The highest BCUT2D eigenvalue weighted by atomic mass is 16.7. The number of furan rings is 1. The van der Waals surface area contributed by atoms with Crippen molar-refractivity contribution in [2.75, 3.05) is 13.2 Å². The molecule has 2 rings (SSSR count). The summed E-state index contributed by atoms with van der Waals surface area (Å²) in [5.74, 6) is 0.0717. The molecule has 1 aliphatic heterocycles. The number of unbranched alkanes of at least 4 members (excludes halogenated alkanes) is 1. The van der Waals surface area contributed by atoms with Crippen LogP contribution in [0, 0.1) is 15.5 Å². The molecular weight excluding hydrogens is 262 g/mol. The number of nitrogens with zero attached hydrogens (tertiary/aromatic N) is 1. The summed E-state index contributed by atoms with van der Waals surface area (Å²) in [6.45, 7) is 5.50. The van der Waals surface area contributed by atoms with Crippen molar-refractivity contribution in [3.8, 4) is 0 Å². The van der Waals surface area contributed by atoms with Gasteiger partial charge in [-0.2, -0.15) is 0 Å². The highest BCUT2D eigenvalue weighted by molar-refractivity contribution is 5.18. The Kier molecular flexibility index (Phi) is 4.77. The zero-order valence-electron chi connectivity index (χ0n) is 12.0. The lowest BCUT2D eigenvalue weighted by atomic mass is 9.81. The Balaban J connectivity index is 1.97. The Bertz CT molecular complexity index is 448. The maximum atomic E-state index is 10.6. The van der Waals surface area contributed by atoms with E-state index < -0.39 is 11.2 Å². The van der Waals surface area contributed by atoms with Gasteiger partial charge in [-0.1, -0.05) is 26.7 Å². The lowest BCUT2D eigenvalue weighted by Gasteiger charge is -2.39. The fourth-order valence-corrected chi connectivity index (χ4v) is 2.40. The zero-order chi connectivity index (χ0) is 14.6. The molecule has 0 atom stereocenters. The van der Waals surface area contributed by atoms with E-state index >= 15 is 0 Å². The molecule has 0 bridgehead atoms. The molecule has 0 aromatic carbocycles. The number of hydrogen-bond acceptors (Lipinski definition) is 5. The molecular formula is C14H21NO5. The van der Waals surface area contributed by atoms with Gasteiger partial charge in [-0.15, -0.1) is 0 Å². The van der Waals surface area contributed by atoms with Crippen molar-refractivity contribution >= 4 is 5.88 Å². The second kappa shape index (κ2) is 6.37. The molecule has 6 nitrogen and oxygen atoms in total. The normalized spacial score (nSPS) is 26.6. The van der Waals surface area contributed by atoms with E-state index in [0.29, 0.717) is 19.0 Å². The molecule has 20 heavy (non-hydrogen) atoms. The summed E-state index contributed by atoms with van der Waals surface area (Å²) in [6.07, 6.45) is 3.74. The summed E-state index contributed by atoms with van der Waals surface area (Å²) < 4.78 is 16.6. The van der Waals surface area contributed by atoms with Gasteiger partial charge in [0.15, 0.2) is 5.76 Å². The van der Waals surface area contributed by atoms with Crippen LogP contribution in [-0.4, -0.2) is 18.1 Å². The van der Waals surface area contributed by atoms with Crippen molar-refractivity contribution in [2.45, 2.75) is 45.8 Å². The molecule has 0 radical (unpaired) electrons. The lowest BCUT2D eigenvalue weighted by Crippen LogP contribution is -2.38. The van der Waals surface area contributed by atoms with Crippen molar-refractivity contribution in [1.29, 1.82) is 0 Å². The lowest BCUT2D eigenvalue weighted by molar-refractivity contribution is -0.403. The fourth-order valence-electron chi connectivity index (χ4n) is 2.40. The molecule has 0 spiro atoms. The van der Waals surface area contributed by atoms with Crippen LogP contribution in [0.5, 0.6) is 0 Å². The first-order valence-corrected chi connectivity index (χ1v) is 7.07. The number of hydrogen-bond donors (Lipinski definition) is 0. The molecule has 1 fully saturated rings. The van der Waals surface area contributed by atoms with E-state index in [1.165, 1.54) is 12.1 Å². The molecule has 0 aliphatic carbocycles. The second-order valence-corrected chi connectivity index (χ2v) is 5.34. The highest BCUT2D eigenvalue weighted by Gasteiger charge is 2.36. The van der Waals surface area contributed by atoms with E-state index in [4.69, 9.17) is 13.9 Å². The maximum Gasteiger partial charge on any atom is 0.433 e. The molecule has 112 valence electrons.